The number of rotatable bonds is 4. The van der Waals surface area contributed by atoms with Crippen LogP contribution in [0.25, 0.3) is 0 Å². The standard InChI is InChI=1S/C11H16O8/c1-5(12)16-4-8-9(17-6(2)13)10(11(15)19-8)18-7(3)14/h8-11,15H,4H2,1-3H3/t8-,9-,10-,11?/m1/s1/i1D,2D,3D. The minimum Gasteiger partial charge on any atom is -0.463 e. The predicted octanol–water partition coefficient (Wildman–Crippen LogP) is -0.870. The van der Waals surface area contributed by atoms with Crippen LogP contribution >= 0.6 is 0 Å². The van der Waals surface area contributed by atoms with E-state index in [-0.39, 0.29) is 0 Å². The van der Waals surface area contributed by atoms with Crippen LogP contribution in [0.15, 0.2) is 0 Å². The van der Waals surface area contributed by atoms with Crippen LogP contribution < -0.4 is 0 Å². The molecule has 0 aliphatic carbocycles. The molecule has 19 heavy (non-hydrogen) atoms. The summed E-state index contributed by atoms with van der Waals surface area (Å²) in [4.78, 5) is 33.4. The second kappa shape index (κ2) is 6.48. The molecular weight excluding hydrogens is 260 g/mol. The lowest BCUT2D eigenvalue weighted by atomic mass is 10.1. The SMILES string of the molecule is [2H]CC(=O)OC[C@H]1OC(O)[C@H](OC(=O)C[2H])[C@@H]1OC(=O)C[2H]. The van der Waals surface area contributed by atoms with Crippen molar-refractivity contribution in [2.24, 2.45) is 0 Å². The number of carbonyl (C=O) groups is 3. The first-order valence-corrected chi connectivity index (χ1v) is 5.18. The highest BCUT2D eigenvalue weighted by atomic mass is 16.7. The van der Waals surface area contributed by atoms with Crippen LogP contribution in [0.1, 0.15) is 24.8 Å². The maximum absolute atomic E-state index is 11.3. The van der Waals surface area contributed by atoms with Crippen LogP contribution in [0.4, 0.5) is 0 Å². The largest absolute Gasteiger partial charge is 0.463 e. The molecule has 0 saturated carbocycles. The Kier molecular flexibility index (Phi) is 3.82. The van der Waals surface area contributed by atoms with Crippen molar-refractivity contribution in [3.63, 3.8) is 0 Å². The zero-order valence-electron chi connectivity index (χ0n) is 12.9. The molecule has 0 aromatic carbocycles. The van der Waals surface area contributed by atoms with Crippen LogP contribution in [0.5, 0.6) is 0 Å². The van der Waals surface area contributed by atoms with Crippen LogP contribution in [-0.2, 0) is 33.3 Å². The molecule has 108 valence electrons. The van der Waals surface area contributed by atoms with Crippen molar-refractivity contribution in [3.05, 3.63) is 0 Å². The van der Waals surface area contributed by atoms with Crippen molar-refractivity contribution in [1.29, 1.82) is 0 Å². The summed E-state index contributed by atoms with van der Waals surface area (Å²) in [5.74, 6) is -2.77. The van der Waals surface area contributed by atoms with Gasteiger partial charge in [-0.1, -0.05) is 0 Å². The lowest BCUT2D eigenvalue weighted by Crippen LogP contribution is -2.41. The molecule has 0 radical (unpaired) electrons. The molecule has 1 aliphatic heterocycles. The Morgan fingerprint density at radius 3 is 2.26 bits per heavy atom. The van der Waals surface area contributed by atoms with E-state index in [1.54, 1.807) is 0 Å². The lowest BCUT2D eigenvalue weighted by molar-refractivity contribution is -0.174. The number of ether oxygens (including phenoxy) is 4. The van der Waals surface area contributed by atoms with E-state index in [0.29, 0.717) is 0 Å². The van der Waals surface area contributed by atoms with E-state index in [0.717, 1.165) is 0 Å². The maximum Gasteiger partial charge on any atom is 0.303 e. The average molecular weight is 279 g/mol. The molecule has 0 spiro atoms. The van der Waals surface area contributed by atoms with Crippen molar-refractivity contribution in [2.45, 2.75) is 45.3 Å². The Bertz CT molecular complexity index is 418. The molecule has 1 rings (SSSR count). The summed E-state index contributed by atoms with van der Waals surface area (Å²) in [5, 5.41) is 9.71. The highest BCUT2D eigenvalue weighted by Crippen LogP contribution is 2.26. The quantitative estimate of drug-likeness (QED) is 0.522. The Morgan fingerprint density at radius 2 is 1.68 bits per heavy atom. The highest BCUT2D eigenvalue weighted by Gasteiger charge is 2.48. The molecule has 1 fully saturated rings. The van der Waals surface area contributed by atoms with Gasteiger partial charge in [-0.05, 0) is 0 Å². The summed E-state index contributed by atoms with van der Waals surface area (Å²) >= 11 is 0. The first-order chi connectivity index (χ1) is 10.4. The van der Waals surface area contributed by atoms with Gasteiger partial charge in [0.1, 0.15) is 12.7 Å². The molecule has 1 heterocycles. The monoisotopic (exact) mass is 279 g/mol. The van der Waals surface area contributed by atoms with E-state index in [2.05, 4.69) is 4.74 Å². The fourth-order valence-electron chi connectivity index (χ4n) is 1.59. The molecule has 0 bridgehead atoms. The Hall–Kier alpha value is -1.67. The summed E-state index contributed by atoms with van der Waals surface area (Å²) in [6.07, 6.45) is -5.45. The van der Waals surface area contributed by atoms with Gasteiger partial charge in [0.05, 0.1) is 0 Å². The van der Waals surface area contributed by atoms with Gasteiger partial charge in [-0.15, -0.1) is 0 Å². The third-order valence-corrected chi connectivity index (χ3v) is 2.23. The Labute approximate surface area is 113 Å². The van der Waals surface area contributed by atoms with Gasteiger partial charge in [0.2, 0.25) is 0 Å². The van der Waals surface area contributed by atoms with Gasteiger partial charge in [-0.2, -0.15) is 0 Å². The Balaban J connectivity index is 2.79. The van der Waals surface area contributed by atoms with Gasteiger partial charge in [-0.25, -0.2) is 0 Å². The fraction of sp³-hybridized carbons (Fsp3) is 0.727. The molecule has 0 amide bonds. The van der Waals surface area contributed by atoms with Crippen LogP contribution in [0.3, 0.4) is 0 Å². The topological polar surface area (TPSA) is 108 Å². The molecule has 1 unspecified atom stereocenters. The first kappa shape index (κ1) is 11.2. The molecule has 1 aliphatic rings. The normalized spacial score (nSPS) is 31.7. The van der Waals surface area contributed by atoms with Crippen molar-refractivity contribution in [1.82, 2.24) is 0 Å². The predicted molar refractivity (Wildman–Crippen MR) is 58.6 cm³/mol. The molecule has 8 heteroatoms. The maximum atomic E-state index is 11.3. The van der Waals surface area contributed by atoms with E-state index in [4.69, 9.17) is 18.3 Å². The molecular formula is C11H16O8. The third-order valence-electron chi connectivity index (χ3n) is 2.23. The smallest absolute Gasteiger partial charge is 0.303 e. The van der Waals surface area contributed by atoms with Gasteiger partial charge in [0.25, 0.3) is 0 Å². The van der Waals surface area contributed by atoms with E-state index in [1.807, 2.05) is 0 Å². The first-order valence-electron chi connectivity index (χ1n) is 7.30. The molecule has 0 aromatic heterocycles. The second-order valence-electron chi connectivity index (χ2n) is 3.66. The molecule has 0 aromatic rings. The number of aliphatic hydroxyl groups excluding tert-OH is 1. The van der Waals surface area contributed by atoms with Gasteiger partial charge in [0.15, 0.2) is 18.5 Å². The van der Waals surface area contributed by atoms with E-state index >= 15 is 0 Å². The summed E-state index contributed by atoms with van der Waals surface area (Å²) in [6, 6.07) is 0. The minimum atomic E-state index is -1.64. The van der Waals surface area contributed by atoms with Crippen molar-refractivity contribution >= 4 is 17.9 Å². The number of aliphatic hydroxyl groups is 1. The lowest BCUT2D eigenvalue weighted by Gasteiger charge is -2.21. The van der Waals surface area contributed by atoms with E-state index < -0.39 is 69.8 Å². The minimum absolute atomic E-state index is 0.431. The van der Waals surface area contributed by atoms with Crippen LogP contribution in [-0.4, -0.2) is 54.2 Å². The number of hydrogen-bond acceptors (Lipinski definition) is 8. The average Bonchev–Trinajstić information content (AvgIpc) is 2.80. The molecule has 8 nitrogen and oxygen atoms in total. The van der Waals surface area contributed by atoms with Gasteiger partial charge >= 0.3 is 17.9 Å². The number of hydrogen-bond donors (Lipinski definition) is 1. The van der Waals surface area contributed by atoms with Crippen molar-refractivity contribution in [2.75, 3.05) is 6.61 Å². The summed E-state index contributed by atoms with van der Waals surface area (Å²) in [7, 11) is 0. The molecule has 1 N–H and O–H groups in total. The van der Waals surface area contributed by atoms with Crippen LogP contribution in [0, 0.1) is 0 Å². The molecule has 4 atom stereocenters. The van der Waals surface area contributed by atoms with Gasteiger partial charge < -0.3 is 24.1 Å². The second-order valence-corrected chi connectivity index (χ2v) is 3.66. The Morgan fingerprint density at radius 1 is 1.11 bits per heavy atom. The summed E-state index contributed by atoms with van der Waals surface area (Å²) < 4.78 is 39.9. The third kappa shape index (κ3) is 4.49. The van der Waals surface area contributed by atoms with Crippen LogP contribution in [0.2, 0.25) is 0 Å². The fourth-order valence-corrected chi connectivity index (χ4v) is 1.59. The highest BCUT2D eigenvalue weighted by molar-refractivity contribution is 5.67. The van der Waals surface area contributed by atoms with E-state index in [9.17, 15) is 19.5 Å². The van der Waals surface area contributed by atoms with Crippen molar-refractivity contribution in [3.8, 4) is 0 Å². The molecule has 1 saturated heterocycles. The van der Waals surface area contributed by atoms with E-state index in [1.165, 1.54) is 0 Å². The summed E-state index contributed by atoms with van der Waals surface area (Å²) in [6.45, 7) is -2.46. The zero-order valence-corrected chi connectivity index (χ0v) is 9.94. The van der Waals surface area contributed by atoms with Crippen molar-refractivity contribution < 1.29 is 42.5 Å². The number of carbonyl (C=O) groups excluding carboxylic acids is 3. The summed E-state index contributed by atoms with van der Waals surface area (Å²) in [5.41, 5.74) is 0. The zero-order chi connectivity index (χ0) is 16.7. The number of esters is 3. The van der Waals surface area contributed by atoms with Gasteiger partial charge in [0, 0.05) is 24.8 Å². The van der Waals surface area contributed by atoms with Gasteiger partial charge in [-0.3, -0.25) is 14.4 Å².